The summed E-state index contributed by atoms with van der Waals surface area (Å²) in [7, 11) is 0. The summed E-state index contributed by atoms with van der Waals surface area (Å²) < 4.78 is 0. The maximum atomic E-state index is 6.16. The van der Waals surface area contributed by atoms with Crippen molar-refractivity contribution in [1.82, 2.24) is 0 Å². The quantitative estimate of drug-likeness (QED) is 0.615. The minimum Gasteiger partial charge on any atom is -0.325 e. The number of hydrogen-bond donors (Lipinski definition) is 1. The summed E-state index contributed by atoms with van der Waals surface area (Å²) in [5, 5.41) is 0. The number of fused-ring (bicyclic) bond motifs is 1. The van der Waals surface area contributed by atoms with Crippen molar-refractivity contribution in [2.75, 3.05) is 0 Å². The molecule has 0 heterocycles. The summed E-state index contributed by atoms with van der Waals surface area (Å²) in [5.74, 6) is 1.55. The van der Waals surface area contributed by atoms with E-state index in [1.165, 1.54) is 32.1 Å². The summed E-state index contributed by atoms with van der Waals surface area (Å²) in [5.41, 5.74) is 7.85. The zero-order valence-electron chi connectivity index (χ0n) is 8.84. The molecule has 0 aromatic rings. The average molecular weight is 179 g/mol. The highest BCUT2D eigenvalue weighted by atomic mass is 14.8. The third-order valence-corrected chi connectivity index (χ3v) is 3.48. The molecule has 0 saturated heterocycles. The van der Waals surface area contributed by atoms with E-state index >= 15 is 0 Å². The van der Waals surface area contributed by atoms with Gasteiger partial charge in [0.2, 0.25) is 0 Å². The molecule has 1 heteroatoms. The SMILES string of the molecule is CC(C)(N)C1C2=CCCCCCC21. The van der Waals surface area contributed by atoms with E-state index in [0.29, 0.717) is 5.92 Å². The van der Waals surface area contributed by atoms with Crippen LogP contribution in [0.5, 0.6) is 0 Å². The Labute approximate surface area is 81.4 Å². The summed E-state index contributed by atoms with van der Waals surface area (Å²) in [4.78, 5) is 0. The maximum Gasteiger partial charge on any atom is 0.0169 e. The molecule has 0 bridgehead atoms. The molecular weight excluding hydrogens is 158 g/mol. The van der Waals surface area contributed by atoms with Crippen molar-refractivity contribution in [2.45, 2.75) is 51.5 Å². The van der Waals surface area contributed by atoms with Gasteiger partial charge in [-0.05, 0) is 39.0 Å². The zero-order chi connectivity index (χ0) is 9.47. The van der Waals surface area contributed by atoms with Gasteiger partial charge in [-0.1, -0.05) is 24.5 Å². The van der Waals surface area contributed by atoms with Crippen LogP contribution >= 0.6 is 0 Å². The fraction of sp³-hybridized carbons (Fsp3) is 0.833. The van der Waals surface area contributed by atoms with E-state index in [9.17, 15) is 0 Å². The first kappa shape index (κ1) is 9.26. The first-order valence-electron chi connectivity index (χ1n) is 5.59. The van der Waals surface area contributed by atoms with Gasteiger partial charge in [0, 0.05) is 11.5 Å². The molecule has 0 aromatic heterocycles. The molecule has 1 fully saturated rings. The molecule has 2 N–H and O–H groups in total. The van der Waals surface area contributed by atoms with Crippen LogP contribution in [-0.2, 0) is 0 Å². The Bertz CT molecular complexity index is 222. The van der Waals surface area contributed by atoms with Gasteiger partial charge in [0.15, 0.2) is 0 Å². The van der Waals surface area contributed by atoms with E-state index in [-0.39, 0.29) is 5.54 Å². The van der Waals surface area contributed by atoms with Gasteiger partial charge < -0.3 is 5.73 Å². The second-order valence-corrected chi connectivity index (χ2v) is 5.25. The third kappa shape index (κ3) is 1.80. The third-order valence-electron chi connectivity index (χ3n) is 3.48. The zero-order valence-corrected chi connectivity index (χ0v) is 8.84. The molecule has 0 spiro atoms. The number of allylic oxidation sites excluding steroid dienone is 1. The Balaban J connectivity index is 2.07. The molecule has 0 aliphatic heterocycles. The molecule has 1 nitrogen and oxygen atoms in total. The standard InChI is InChI=1S/C12H21N/c1-12(2,13)11-9-7-5-3-4-6-8-10(9)11/h7,10-11H,3-6,8,13H2,1-2H3. The van der Waals surface area contributed by atoms with E-state index in [1.54, 1.807) is 5.57 Å². The molecule has 2 aliphatic rings. The summed E-state index contributed by atoms with van der Waals surface area (Å²) in [6, 6.07) is 0. The molecule has 0 radical (unpaired) electrons. The Morgan fingerprint density at radius 2 is 2.08 bits per heavy atom. The molecule has 74 valence electrons. The van der Waals surface area contributed by atoms with E-state index in [1.807, 2.05) is 0 Å². The van der Waals surface area contributed by atoms with Crippen LogP contribution in [0.4, 0.5) is 0 Å². The maximum absolute atomic E-state index is 6.16. The smallest absolute Gasteiger partial charge is 0.0169 e. The van der Waals surface area contributed by atoms with Crippen LogP contribution in [0, 0.1) is 11.8 Å². The van der Waals surface area contributed by atoms with Crippen LogP contribution in [0.1, 0.15) is 46.0 Å². The molecule has 0 aromatic carbocycles. The highest BCUT2D eigenvalue weighted by Gasteiger charge is 2.50. The Morgan fingerprint density at radius 1 is 1.31 bits per heavy atom. The second-order valence-electron chi connectivity index (χ2n) is 5.25. The van der Waals surface area contributed by atoms with Gasteiger partial charge in [-0.3, -0.25) is 0 Å². The van der Waals surface area contributed by atoms with Crippen LogP contribution in [0.3, 0.4) is 0 Å². The van der Waals surface area contributed by atoms with Crippen molar-refractivity contribution in [1.29, 1.82) is 0 Å². The van der Waals surface area contributed by atoms with Gasteiger partial charge in [-0.25, -0.2) is 0 Å². The van der Waals surface area contributed by atoms with Crippen LogP contribution in [-0.4, -0.2) is 5.54 Å². The van der Waals surface area contributed by atoms with Crippen molar-refractivity contribution in [2.24, 2.45) is 17.6 Å². The molecular formula is C12H21N. The Kier molecular flexibility index (Phi) is 2.23. The van der Waals surface area contributed by atoms with Crippen molar-refractivity contribution in [3.63, 3.8) is 0 Å². The molecule has 2 aliphatic carbocycles. The van der Waals surface area contributed by atoms with Gasteiger partial charge in [0.1, 0.15) is 0 Å². The van der Waals surface area contributed by atoms with Gasteiger partial charge in [0.25, 0.3) is 0 Å². The number of hydrogen-bond acceptors (Lipinski definition) is 1. The Hall–Kier alpha value is -0.300. The summed E-state index contributed by atoms with van der Waals surface area (Å²) in [6.07, 6.45) is 9.35. The first-order chi connectivity index (χ1) is 6.11. The van der Waals surface area contributed by atoms with Gasteiger partial charge in [0.05, 0.1) is 0 Å². The van der Waals surface area contributed by atoms with E-state index < -0.39 is 0 Å². The van der Waals surface area contributed by atoms with Crippen molar-refractivity contribution < 1.29 is 0 Å². The van der Waals surface area contributed by atoms with Gasteiger partial charge in [-0.15, -0.1) is 0 Å². The topological polar surface area (TPSA) is 26.0 Å². The highest BCUT2D eigenvalue weighted by Crippen LogP contribution is 2.54. The molecule has 0 amide bonds. The lowest BCUT2D eigenvalue weighted by atomic mass is 9.97. The fourth-order valence-electron chi connectivity index (χ4n) is 2.85. The largest absolute Gasteiger partial charge is 0.325 e. The lowest BCUT2D eigenvalue weighted by molar-refractivity contribution is 0.416. The van der Waals surface area contributed by atoms with Crippen LogP contribution in [0.15, 0.2) is 11.6 Å². The van der Waals surface area contributed by atoms with E-state index in [0.717, 1.165) is 5.92 Å². The molecule has 1 saturated carbocycles. The molecule has 13 heavy (non-hydrogen) atoms. The molecule has 2 unspecified atom stereocenters. The minimum atomic E-state index is 0.0147. The number of nitrogens with two attached hydrogens (primary N) is 1. The highest BCUT2D eigenvalue weighted by molar-refractivity contribution is 5.34. The average Bonchev–Trinajstić information content (AvgIpc) is 2.59. The lowest BCUT2D eigenvalue weighted by Gasteiger charge is -2.17. The molecule has 2 rings (SSSR count). The van der Waals surface area contributed by atoms with Crippen molar-refractivity contribution >= 4 is 0 Å². The summed E-state index contributed by atoms with van der Waals surface area (Å²) in [6.45, 7) is 4.34. The van der Waals surface area contributed by atoms with Crippen molar-refractivity contribution in [3.8, 4) is 0 Å². The van der Waals surface area contributed by atoms with E-state index in [4.69, 9.17) is 5.73 Å². The first-order valence-corrected chi connectivity index (χ1v) is 5.59. The van der Waals surface area contributed by atoms with Gasteiger partial charge in [-0.2, -0.15) is 0 Å². The lowest BCUT2D eigenvalue weighted by Crippen LogP contribution is -2.35. The fourth-order valence-corrected chi connectivity index (χ4v) is 2.85. The normalized spacial score (nSPS) is 34.2. The second kappa shape index (κ2) is 3.13. The predicted molar refractivity (Wildman–Crippen MR) is 56.4 cm³/mol. The number of rotatable bonds is 1. The van der Waals surface area contributed by atoms with Crippen LogP contribution in [0.2, 0.25) is 0 Å². The van der Waals surface area contributed by atoms with Crippen LogP contribution in [0.25, 0.3) is 0 Å². The van der Waals surface area contributed by atoms with Crippen molar-refractivity contribution in [3.05, 3.63) is 11.6 Å². The van der Waals surface area contributed by atoms with E-state index in [2.05, 4.69) is 19.9 Å². The van der Waals surface area contributed by atoms with Crippen LogP contribution < -0.4 is 5.73 Å². The Morgan fingerprint density at radius 3 is 2.77 bits per heavy atom. The minimum absolute atomic E-state index is 0.0147. The predicted octanol–water partition coefficient (Wildman–Crippen LogP) is 2.86. The van der Waals surface area contributed by atoms with Gasteiger partial charge >= 0.3 is 0 Å². The summed E-state index contributed by atoms with van der Waals surface area (Å²) >= 11 is 0. The monoisotopic (exact) mass is 179 g/mol. The molecule has 2 atom stereocenters.